The molecule has 1 aromatic carbocycles. The molecular formula is C20H23N3O2. The molecule has 0 radical (unpaired) electrons. The van der Waals surface area contributed by atoms with E-state index in [2.05, 4.69) is 16.7 Å². The highest BCUT2D eigenvalue weighted by Crippen LogP contribution is 2.41. The van der Waals surface area contributed by atoms with E-state index in [9.17, 15) is 4.79 Å². The van der Waals surface area contributed by atoms with Crippen LogP contribution in [0.5, 0.6) is 0 Å². The van der Waals surface area contributed by atoms with Crippen molar-refractivity contribution in [1.29, 1.82) is 0 Å². The second kappa shape index (κ2) is 5.99. The third kappa shape index (κ3) is 2.67. The van der Waals surface area contributed by atoms with Gasteiger partial charge in [-0.3, -0.25) is 4.79 Å². The Morgan fingerprint density at radius 3 is 2.72 bits per heavy atom. The molecule has 1 aromatic heterocycles. The number of carbonyl (C=O) groups excluding carboxylic acids is 1. The van der Waals surface area contributed by atoms with Gasteiger partial charge in [-0.25, -0.2) is 4.98 Å². The summed E-state index contributed by atoms with van der Waals surface area (Å²) < 4.78 is 7.80. The second-order valence-corrected chi connectivity index (χ2v) is 7.44. The maximum atomic E-state index is 13.1. The quantitative estimate of drug-likeness (QED) is 0.865. The number of hydrogen-bond acceptors (Lipinski definition) is 3. The van der Waals surface area contributed by atoms with Gasteiger partial charge in [-0.15, -0.1) is 0 Å². The van der Waals surface area contributed by atoms with Gasteiger partial charge in [0, 0.05) is 25.2 Å². The Balaban J connectivity index is 1.48. The summed E-state index contributed by atoms with van der Waals surface area (Å²) in [7, 11) is 0. The molecule has 1 atom stereocenters. The van der Waals surface area contributed by atoms with Gasteiger partial charge in [-0.2, -0.15) is 0 Å². The Bertz CT molecular complexity index is 795. The first kappa shape index (κ1) is 15.1. The van der Waals surface area contributed by atoms with E-state index in [1.54, 1.807) is 0 Å². The number of amides is 1. The molecule has 5 nitrogen and oxygen atoms in total. The fourth-order valence-corrected chi connectivity index (χ4v) is 4.25. The van der Waals surface area contributed by atoms with Gasteiger partial charge in [0.2, 0.25) is 0 Å². The van der Waals surface area contributed by atoms with Crippen molar-refractivity contribution in [3.05, 3.63) is 41.7 Å². The van der Waals surface area contributed by atoms with Crippen molar-refractivity contribution in [2.24, 2.45) is 11.8 Å². The average molecular weight is 337 g/mol. The molecule has 0 spiro atoms. The Hall–Kier alpha value is -2.14. The molecule has 2 fully saturated rings. The molecule has 2 aromatic rings. The predicted octanol–water partition coefficient (Wildman–Crippen LogP) is 2.95. The highest BCUT2D eigenvalue weighted by molar-refractivity contribution is 5.94. The van der Waals surface area contributed by atoms with Crippen molar-refractivity contribution in [2.75, 3.05) is 19.7 Å². The Morgan fingerprint density at radius 1 is 1.08 bits per heavy atom. The van der Waals surface area contributed by atoms with E-state index < -0.39 is 0 Å². The zero-order valence-corrected chi connectivity index (χ0v) is 14.4. The first-order chi connectivity index (χ1) is 12.3. The van der Waals surface area contributed by atoms with Crippen molar-refractivity contribution < 1.29 is 9.53 Å². The Morgan fingerprint density at radius 2 is 1.92 bits per heavy atom. The molecule has 1 amide bonds. The van der Waals surface area contributed by atoms with E-state index in [0.717, 1.165) is 49.1 Å². The van der Waals surface area contributed by atoms with Gasteiger partial charge >= 0.3 is 0 Å². The van der Waals surface area contributed by atoms with Crippen molar-refractivity contribution >= 4 is 5.91 Å². The normalized spacial score (nSPS) is 22.9. The van der Waals surface area contributed by atoms with Gasteiger partial charge in [0.15, 0.2) is 5.69 Å². The summed E-state index contributed by atoms with van der Waals surface area (Å²) in [6.45, 7) is 3.67. The number of aromatic nitrogens is 2. The first-order valence-corrected chi connectivity index (χ1v) is 9.33. The van der Waals surface area contributed by atoms with Gasteiger partial charge in [0.05, 0.1) is 18.9 Å². The molecule has 25 heavy (non-hydrogen) atoms. The standard InChI is InChI=1S/C20H23N3O2/c24-20(22-9-8-16(12-22)14-6-7-14)18-17-13-25-11-10-23(17)19(21-18)15-4-2-1-3-5-15/h1-5,14,16H,6-13H2. The molecule has 1 saturated carbocycles. The first-order valence-electron chi connectivity index (χ1n) is 9.33. The van der Waals surface area contributed by atoms with Gasteiger partial charge in [0.25, 0.3) is 5.91 Å². The molecule has 3 aliphatic rings. The van der Waals surface area contributed by atoms with E-state index in [4.69, 9.17) is 9.72 Å². The number of imidazole rings is 1. The molecule has 1 aliphatic carbocycles. The number of nitrogens with zero attached hydrogens (tertiary/aromatic N) is 3. The maximum Gasteiger partial charge on any atom is 0.274 e. The maximum absolute atomic E-state index is 13.1. The molecule has 0 bridgehead atoms. The van der Waals surface area contributed by atoms with Crippen LogP contribution >= 0.6 is 0 Å². The van der Waals surface area contributed by atoms with Crippen LogP contribution in [0.25, 0.3) is 11.4 Å². The largest absolute Gasteiger partial charge is 0.373 e. The minimum atomic E-state index is 0.0829. The van der Waals surface area contributed by atoms with Gasteiger partial charge in [-0.05, 0) is 31.1 Å². The molecular weight excluding hydrogens is 314 g/mol. The Kier molecular flexibility index (Phi) is 3.63. The van der Waals surface area contributed by atoms with Crippen molar-refractivity contribution in [3.8, 4) is 11.4 Å². The van der Waals surface area contributed by atoms with E-state index in [-0.39, 0.29) is 5.91 Å². The molecule has 5 heteroatoms. The van der Waals surface area contributed by atoms with Crippen LogP contribution < -0.4 is 0 Å². The second-order valence-electron chi connectivity index (χ2n) is 7.44. The SMILES string of the molecule is O=C(c1nc(-c2ccccc2)n2c1COCC2)N1CCC(C2CC2)C1. The molecule has 3 heterocycles. The fraction of sp³-hybridized carbons (Fsp3) is 0.500. The molecule has 1 unspecified atom stereocenters. The van der Waals surface area contributed by atoms with Crippen LogP contribution in [0.4, 0.5) is 0 Å². The summed E-state index contributed by atoms with van der Waals surface area (Å²) in [5.74, 6) is 2.53. The van der Waals surface area contributed by atoms with Gasteiger partial charge < -0.3 is 14.2 Å². The van der Waals surface area contributed by atoms with Crippen molar-refractivity contribution in [2.45, 2.75) is 32.4 Å². The van der Waals surface area contributed by atoms with Crippen molar-refractivity contribution in [1.82, 2.24) is 14.5 Å². The summed E-state index contributed by atoms with van der Waals surface area (Å²) in [5, 5.41) is 0. The monoisotopic (exact) mass is 337 g/mol. The minimum absolute atomic E-state index is 0.0829. The molecule has 1 saturated heterocycles. The highest BCUT2D eigenvalue weighted by atomic mass is 16.5. The lowest BCUT2D eigenvalue weighted by Crippen LogP contribution is -2.31. The number of carbonyl (C=O) groups is 1. The lowest BCUT2D eigenvalue weighted by Gasteiger charge is -2.19. The summed E-state index contributed by atoms with van der Waals surface area (Å²) in [6.07, 6.45) is 3.84. The zero-order chi connectivity index (χ0) is 16.8. The summed E-state index contributed by atoms with van der Waals surface area (Å²) in [6, 6.07) is 10.1. The average Bonchev–Trinajstić information content (AvgIpc) is 3.27. The van der Waals surface area contributed by atoms with E-state index in [1.165, 1.54) is 12.8 Å². The summed E-state index contributed by atoms with van der Waals surface area (Å²) in [5.41, 5.74) is 2.59. The molecule has 2 aliphatic heterocycles. The van der Waals surface area contributed by atoms with Crippen LogP contribution in [-0.2, 0) is 17.9 Å². The van der Waals surface area contributed by atoms with E-state index >= 15 is 0 Å². The lowest BCUT2D eigenvalue weighted by molar-refractivity contribution is 0.0732. The van der Waals surface area contributed by atoms with E-state index in [0.29, 0.717) is 24.8 Å². The summed E-state index contributed by atoms with van der Waals surface area (Å²) in [4.78, 5) is 19.9. The topological polar surface area (TPSA) is 47.4 Å². The fourth-order valence-electron chi connectivity index (χ4n) is 4.25. The number of rotatable bonds is 3. The predicted molar refractivity (Wildman–Crippen MR) is 94.1 cm³/mol. The van der Waals surface area contributed by atoms with Crippen LogP contribution in [0.2, 0.25) is 0 Å². The van der Waals surface area contributed by atoms with Gasteiger partial charge in [-0.1, -0.05) is 30.3 Å². The third-order valence-electron chi connectivity index (χ3n) is 5.81. The van der Waals surface area contributed by atoms with E-state index in [1.807, 2.05) is 23.1 Å². The molecule has 0 N–H and O–H groups in total. The van der Waals surface area contributed by atoms with Crippen molar-refractivity contribution in [3.63, 3.8) is 0 Å². The van der Waals surface area contributed by atoms with Crippen LogP contribution in [-0.4, -0.2) is 40.1 Å². The van der Waals surface area contributed by atoms with Crippen LogP contribution in [0.1, 0.15) is 35.4 Å². The van der Waals surface area contributed by atoms with Crippen LogP contribution in [0.3, 0.4) is 0 Å². The zero-order valence-electron chi connectivity index (χ0n) is 14.4. The number of ether oxygens (including phenoxy) is 1. The number of likely N-dealkylation sites (tertiary alicyclic amines) is 1. The highest BCUT2D eigenvalue weighted by Gasteiger charge is 2.38. The van der Waals surface area contributed by atoms with Crippen LogP contribution in [0.15, 0.2) is 30.3 Å². The number of benzene rings is 1. The minimum Gasteiger partial charge on any atom is -0.373 e. The molecule has 130 valence electrons. The molecule has 5 rings (SSSR count). The lowest BCUT2D eigenvalue weighted by atomic mass is 10.0. The Labute approximate surface area is 147 Å². The third-order valence-corrected chi connectivity index (χ3v) is 5.81. The van der Waals surface area contributed by atoms with Crippen LogP contribution in [0, 0.1) is 11.8 Å². The van der Waals surface area contributed by atoms with Gasteiger partial charge in [0.1, 0.15) is 5.82 Å². The summed E-state index contributed by atoms with van der Waals surface area (Å²) >= 11 is 0. The smallest absolute Gasteiger partial charge is 0.274 e. The number of hydrogen-bond donors (Lipinski definition) is 0. The number of fused-ring (bicyclic) bond motifs is 1.